The van der Waals surface area contributed by atoms with Gasteiger partial charge in [-0.15, -0.1) is 0 Å². The van der Waals surface area contributed by atoms with Gasteiger partial charge in [0.2, 0.25) is 0 Å². The predicted molar refractivity (Wildman–Crippen MR) is 82.4 cm³/mol. The molecule has 112 valence electrons. The Bertz CT molecular complexity index is 813. The van der Waals surface area contributed by atoms with Crippen molar-refractivity contribution in [2.75, 3.05) is 6.61 Å². The first-order chi connectivity index (χ1) is 10.9. The van der Waals surface area contributed by atoms with Gasteiger partial charge in [-0.3, -0.25) is 4.57 Å². The molecular weight excluding hydrogens is 280 g/mol. The van der Waals surface area contributed by atoms with Crippen LogP contribution in [0.25, 0.3) is 16.7 Å². The third-order valence-electron chi connectivity index (χ3n) is 3.57. The van der Waals surface area contributed by atoms with Crippen LogP contribution in [0.3, 0.4) is 0 Å². The molecule has 4 rings (SSSR count). The summed E-state index contributed by atoms with van der Waals surface area (Å²) in [5.41, 5.74) is 2.86. The lowest BCUT2D eigenvalue weighted by molar-refractivity contribution is -0.176. The van der Waals surface area contributed by atoms with Crippen LogP contribution in [0.4, 0.5) is 0 Å². The number of rotatable bonds is 4. The van der Waals surface area contributed by atoms with Crippen molar-refractivity contribution in [3.05, 3.63) is 48.8 Å². The Balaban J connectivity index is 1.75. The second-order valence-corrected chi connectivity index (χ2v) is 5.10. The molecule has 1 aliphatic heterocycles. The summed E-state index contributed by atoms with van der Waals surface area (Å²) in [6.07, 6.45) is 2.71. The summed E-state index contributed by atoms with van der Waals surface area (Å²) in [7, 11) is 0. The van der Waals surface area contributed by atoms with E-state index in [1.807, 2.05) is 54.0 Å². The van der Waals surface area contributed by atoms with E-state index in [4.69, 9.17) is 14.2 Å². The number of hydrogen-bond acceptors (Lipinski definition) is 4. The number of benzene rings is 2. The topological polar surface area (TPSA) is 45.5 Å². The summed E-state index contributed by atoms with van der Waals surface area (Å²) in [5.74, 6) is 1.38. The Labute approximate surface area is 128 Å². The van der Waals surface area contributed by atoms with E-state index >= 15 is 0 Å². The summed E-state index contributed by atoms with van der Waals surface area (Å²) < 4.78 is 19.0. The van der Waals surface area contributed by atoms with Gasteiger partial charge in [0.15, 0.2) is 11.5 Å². The Morgan fingerprint density at radius 1 is 1.14 bits per heavy atom. The molecule has 0 aliphatic carbocycles. The Morgan fingerprint density at radius 3 is 2.95 bits per heavy atom. The number of imidazole rings is 1. The molecule has 22 heavy (non-hydrogen) atoms. The number of ether oxygens (including phenoxy) is 3. The highest BCUT2D eigenvalue weighted by atomic mass is 16.9. The average Bonchev–Trinajstić information content (AvgIpc) is 3.16. The molecule has 1 aromatic heterocycles. The maximum absolute atomic E-state index is 5.82. The fourth-order valence-electron chi connectivity index (χ4n) is 2.56. The first-order valence-electron chi connectivity index (χ1n) is 7.37. The molecule has 0 N–H and O–H groups in total. The maximum atomic E-state index is 5.82. The minimum absolute atomic E-state index is 0.599. The highest BCUT2D eigenvalue weighted by Gasteiger charge is 2.28. The van der Waals surface area contributed by atoms with E-state index < -0.39 is 6.48 Å². The molecule has 2 heterocycles. The van der Waals surface area contributed by atoms with Gasteiger partial charge in [0.05, 0.1) is 23.3 Å². The first-order valence-corrected chi connectivity index (χ1v) is 7.37. The minimum atomic E-state index is -0.675. The van der Waals surface area contributed by atoms with E-state index in [1.54, 1.807) is 6.33 Å². The largest absolute Gasteiger partial charge is 0.428 e. The van der Waals surface area contributed by atoms with Crippen LogP contribution in [0, 0.1) is 0 Å². The lowest BCUT2D eigenvalue weighted by Crippen LogP contribution is -2.22. The Kier molecular flexibility index (Phi) is 3.20. The zero-order valence-electron chi connectivity index (χ0n) is 12.2. The SMILES string of the molecule is CCCOC1Oc2cccc(-n3cnc4ccccc43)c2O1. The van der Waals surface area contributed by atoms with Gasteiger partial charge in [-0.2, -0.15) is 0 Å². The van der Waals surface area contributed by atoms with Gasteiger partial charge in [0.1, 0.15) is 6.33 Å². The first kappa shape index (κ1) is 13.2. The van der Waals surface area contributed by atoms with Gasteiger partial charge in [0, 0.05) is 0 Å². The van der Waals surface area contributed by atoms with Gasteiger partial charge >= 0.3 is 6.48 Å². The van der Waals surface area contributed by atoms with Gasteiger partial charge < -0.3 is 14.2 Å². The van der Waals surface area contributed by atoms with E-state index in [0.29, 0.717) is 18.1 Å². The number of fused-ring (bicyclic) bond motifs is 2. The molecule has 0 saturated heterocycles. The van der Waals surface area contributed by atoms with Crippen molar-refractivity contribution >= 4 is 11.0 Å². The third kappa shape index (κ3) is 2.10. The fourth-order valence-corrected chi connectivity index (χ4v) is 2.56. The number of para-hydroxylation sites is 3. The van der Waals surface area contributed by atoms with Gasteiger partial charge in [-0.1, -0.05) is 25.1 Å². The van der Waals surface area contributed by atoms with Crippen LogP contribution in [-0.2, 0) is 4.74 Å². The molecule has 3 aromatic rings. The molecule has 1 unspecified atom stereocenters. The Hall–Kier alpha value is -2.53. The highest BCUT2D eigenvalue weighted by Crippen LogP contribution is 2.40. The molecule has 0 fully saturated rings. The van der Waals surface area contributed by atoms with E-state index in [1.165, 1.54) is 0 Å². The number of hydrogen-bond donors (Lipinski definition) is 0. The molecule has 0 spiro atoms. The second-order valence-electron chi connectivity index (χ2n) is 5.10. The molecule has 0 amide bonds. The molecular formula is C17H16N2O3. The van der Waals surface area contributed by atoms with E-state index in [0.717, 1.165) is 23.1 Å². The summed E-state index contributed by atoms with van der Waals surface area (Å²) in [6.45, 7) is 1.97. The normalized spacial score (nSPS) is 16.3. The standard InChI is InChI=1S/C17H16N2O3/c1-2-10-20-17-21-15-9-5-8-14(16(15)22-17)19-11-18-12-6-3-4-7-13(12)19/h3-9,11,17H,2,10H2,1H3. The molecule has 0 bridgehead atoms. The van der Waals surface area contributed by atoms with Crippen LogP contribution in [0.5, 0.6) is 11.5 Å². The van der Waals surface area contributed by atoms with Crippen molar-refractivity contribution in [1.82, 2.24) is 9.55 Å². The monoisotopic (exact) mass is 296 g/mol. The molecule has 0 saturated carbocycles. The summed E-state index contributed by atoms with van der Waals surface area (Å²) in [6, 6.07) is 13.8. The van der Waals surface area contributed by atoms with Crippen molar-refractivity contribution in [2.45, 2.75) is 19.8 Å². The minimum Gasteiger partial charge on any atom is -0.428 e. The molecule has 1 atom stereocenters. The maximum Gasteiger partial charge on any atom is 0.361 e. The van der Waals surface area contributed by atoms with Crippen molar-refractivity contribution < 1.29 is 14.2 Å². The zero-order chi connectivity index (χ0) is 14.9. The van der Waals surface area contributed by atoms with Gasteiger partial charge in [-0.05, 0) is 30.7 Å². The summed E-state index contributed by atoms with van der Waals surface area (Å²) in [4.78, 5) is 4.42. The molecule has 1 aliphatic rings. The van der Waals surface area contributed by atoms with E-state index in [-0.39, 0.29) is 0 Å². The third-order valence-corrected chi connectivity index (χ3v) is 3.57. The van der Waals surface area contributed by atoms with Crippen molar-refractivity contribution in [2.24, 2.45) is 0 Å². The van der Waals surface area contributed by atoms with Gasteiger partial charge in [0.25, 0.3) is 0 Å². The number of aromatic nitrogens is 2. The number of nitrogens with zero attached hydrogens (tertiary/aromatic N) is 2. The van der Waals surface area contributed by atoms with Crippen molar-refractivity contribution in [3.8, 4) is 17.2 Å². The van der Waals surface area contributed by atoms with Crippen molar-refractivity contribution in [1.29, 1.82) is 0 Å². The van der Waals surface area contributed by atoms with Crippen LogP contribution in [0.1, 0.15) is 13.3 Å². The van der Waals surface area contributed by atoms with Crippen LogP contribution >= 0.6 is 0 Å². The second kappa shape index (κ2) is 5.35. The van der Waals surface area contributed by atoms with Crippen LogP contribution in [0.15, 0.2) is 48.8 Å². The molecule has 5 nitrogen and oxygen atoms in total. The predicted octanol–water partition coefficient (Wildman–Crippen LogP) is 3.51. The fraction of sp³-hybridized carbons (Fsp3) is 0.235. The lowest BCUT2D eigenvalue weighted by Gasteiger charge is -2.10. The summed E-state index contributed by atoms with van der Waals surface area (Å²) >= 11 is 0. The van der Waals surface area contributed by atoms with Gasteiger partial charge in [-0.25, -0.2) is 4.98 Å². The van der Waals surface area contributed by atoms with Crippen molar-refractivity contribution in [3.63, 3.8) is 0 Å². The zero-order valence-corrected chi connectivity index (χ0v) is 12.2. The van der Waals surface area contributed by atoms with Crippen LogP contribution in [0.2, 0.25) is 0 Å². The lowest BCUT2D eigenvalue weighted by atomic mass is 10.2. The molecule has 2 aromatic carbocycles. The quantitative estimate of drug-likeness (QED) is 0.739. The molecule has 0 radical (unpaired) electrons. The molecule has 5 heteroatoms. The smallest absolute Gasteiger partial charge is 0.361 e. The average molecular weight is 296 g/mol. The van der Waals surface area contributed by atoms with E-state index in [9.17, 15) is 0 Å². The van der Waals surface area contributed by atoms with Crippen LogP contribution in [-0.4, -0.2) is 22.6 Å². The Morgan fingerprint density at radius 2 is 2.05 bits per heavy atom. The summed E-state index contributed by atoms with van der Waals surface area (Å²) in [5, 5.41) is 0. The highest BCUT2D eigenvalue weighted by molar-refractivity contribution is 5.78. The van der Waals surface area contributed by atoms with Crippen LogP contribution < -0.4 is 9.47 Å². The van der Waals surface area contributed by atoms with E-state index in [2.05, 4.69) is 4.98 Å².